The van der Waals surface area contributed by atoms with Crippen molar-refractivity contribution < 1.29 is 18.4 Å². The molecule has 5 rings (SSSR count). The minimum absolute atomic E-state index is 0.292. The van der Waals surface area contributed by atoms with Crippen LogP contribution in [0.1, 0.15) is 16.9 Å². The molecule has 0 unspecified atom stereocenters. The van der Waals surface area contributed by atoms with Crippen LogP contribution in [0.25, 0.3) is 6.08 Å². The van der Waals surface area contributed by atoms with Crippen molar-refractivity contribution in [3.63, 3.8) is 0 Å². The molecule has 0 bridgehead atoms. The second-order valence-corrected chi connectivity index (χ2v) is 7.52. The van der Waals surface area contributed by atoms with E-state index in [2.05, 4.69) is 21.4 Å². The Bertz CT molecular complexity index is 1110. The van der Waals surface area contributed by atoms with Crippen LogP contribution in [0, 0.1) is 5.82 Å². The summed E-state index contributed by atoms with van der Waals surface area (Å²) in [5.41, 5.74) is 3.91. The van der Waals surface area contributed by atoms with Gasteiger partial charge in [-0.3, -0.25) is 4.90 Å². The summed E-state index contributed by atoms with van der Waals surface area (Å²) in [5, 5.41) is 7.34. The molecular formula is C23H22FN3O3. The number of methoxy groups -OCH3 is 1. The van der Waals surface area contributed by atoms with Crippen LogP contribution in [0.15, 0.2) is 52.6 Å². The molecule has 6 nitrogen and oxygen atoms in total. The van der Waals surface area contributed by atoms with Crippen molar-refractivity contribution in [1.29, 1.82) is 0 Å². The van der Waals surface area contributed by atoms with Gasteiger partial charge >= 0.3 is 0 Å². The number of nitrogens with one attached hydrogen (secondary N) is 1. The molecule has 2 aliphatic heterocycles. The van der Waals surface area contributed by atoms with E-state index in [0.29, 0.717) is 24.7 Å². The van der Waals surface area contributed by atoms with E-state index in [1.807, 2.05) is 18.2 Å². The summed E-state index contributed by atoms with van der Waals surface area (Å²) in [6.07, 6.45) is 2.96. The number of aromatic nitrogens is 1. The molecule has 0 radical (unpaired) electrons. The van der Waals surface area contributed by atoms with E-state index in [-0.39, 0.29) is 5.82 Å². The maximum atomic E-state index is 13.5. The smallest absolute Gasteiger partial charge is 0.178 e. The Hall–Kier alpha value is -3.32. The minimum atomic E-state index is -0.292. The van der Waals surface area contributed by atoms with Crippen molar-refractivity contribution in [2.75, 3.05) is 32.1 Å². The Morgan fingerprint density at radius 2 is 2.17 bits per heavy atom. The van der Waals surface area contributed by atoms with Crippen molar-refractivity contribution in [2.45, 2.75) is 13.0 Å². The lowest BCUT2D eigenvalue weighted by molar-refractivity contribution is 0.241. The van der Waals surface area contributed by atoms with Gasteiger partial charge in [-0.25, -0.2) is 4.39 Å². The van der Waals surface area contributed by atoms with Crippen LogP contribution >= 0.6 is 0 Å². The lowest BCUT2D eigenvalue weighted by Gasteiger charge is -2.28. The first kappa shape index (κ1) is 18.7. The lowest BCUT2D eigenvalue weighted by Crippen LogP contribution is -2.33. The molecule has 30 heavy (non-hydrogen) atoms. The zero-order valence-corrected chi connectivity index (χ0v) is 16.7. The number of halogens is 1. The van der Waals surface area contributed by atoms with Crippen LogP contribution in [0.4, 0.5) is 15.9 Å². The van der Waals surface area contributed by atoms with Crippen LogP contribution < -0.4 is 14.8 Å². The molecule has 1 aromatic heterocycles. The van der Waals surface area contributed by atoms with Gasteiger partial charge in [0.1, 0.15) is 29.7 Å². The summed E-state index contributed by atoms with van der Waals surface area (Å²) in [6, 6.07) is 12.2. The number of fused-ring (bicyclic) bond motifs is 2. The van der Waals surface area contributed by atoms with Gasteiger partial charge in [-0.05, 0) is 48.0 Å². The summed E-state index contributed by atoms with van der Waals surface area (Å²) < 4.78 is 30.2. The van der Waals surface area contributed by atoms with Gasteiger partial charge in [0.25, 0.3) is 0 Å². The molecule has 7 heteroatoms. The maximum absolute atomic E-state index is 13.5. The van der Waals surface area contributed by atoms with E-state index < -0.39 is 0 Å². The first-order valence-corrected chi connectivity index (χ1v) is 9.90. The van der Waals surface area contributed by atoms with Crippen LogP contribution in [0.3, 0.4) is 0 Å². The van der Waals surface area contributed by atoms with E-state index in [1.54, 1.807) is 19.2 Å². The second-order valence-electron chi connectivity index (χ2n) is 7.52. The van der Waals surface area contributed by atoms with Gasteiger partial charge in [0.05, 0.1) is 12.7 Å². The maximum Gasteiger partial charge on any atom is 0.178 e. The highest BCUT2D eigenvalue weighted by atomic mass is 19.1. The number of rotatable bonds is 5. The fourth-order valence-corrected chi connectivity index (χ4v) is 3.91. The van der Waals surface area contributed by atoms with Crippen molar-refractivity contribution >= 4 is 17.6 Å². The van der Waals surface area contributed by atoms with Crippen molar-refractivity contribution in [3.05, 3.63) is 70.7 Å². The van der Waals surface area contributed by atoms with E-state index in [9.17, 15) is 4.39 Å². The highest BCUT2D eigenvalue weighted by Crippen LogP contribution is 2.32. The zero-order valence-electron chi connectivity index (χ0n) is 16.7. The number of hydrogen-bond acceptors (Lipinski definition) is 6. The summed E-state index contributed by atoms with van der Waals surface area (Å²) >= 11 is 0. The molecule has 0 saturated carbocycles. The second kappa shape index (κ2) is 7.84. The number of anilines is 2. The number of nitrogens with zero attached hydrogens (tertiary/aromatic N) is 2. The molecule has 3 heterocycles. The largest absolute Gasteiger partial charge is 0.497 e. The van der Waals surface area contributed by atoms with Crippen LogP contribution in [-0.2, 0) is 13.0 Å². The standard InChI is InChI=1S/C23H22FN3O3/c1-28-19-5-6-21-16(10-19)9-15(14-29-21)12-27-8-7-22-20(13-27)23(26-30-22)25-18-4-2-3-17(24)11-18/h2-6,9-11H,7-8,12-14H2,1H3,(H,25,26). The van der Waals surface area contributed by atoms with Crippen molar-refractivity contribution in [1.82, 2.24) is 10.1 Å². The molecule has 0 aliphatic carbocycles. The fraction of sp³-hybridized carbons (Fsp3) is 0.261. The first-order valence-electron chi connectivity index (χ1n) is 9.90. The third kappa shape index (κ3) is 3.76. The normalized spacial score (nSPS) is 15.6. The first-order chi connectivity index (χ1) is 14.7. The Morgan fingerprint density at radius 3 is 3.03 bits per heavy atom. The summed E-state index contributed by atoms with van der Waals surface area (Å²) in [7, 11) is 1.66. The van der Waals surface area contributed by atoms with Crippen LogP contribution in [0.2, 0.25) is 0 Å². The van der Waals surface area contributed by atoms with Gasteiger partial charge in [0.2, 0.25) is 0 Å². The van der Waals surface area contributed by atoms with Gasteiger partial charge < -0.3 is 19.3 Å². The van der Waals surface area contributed by atoms with Gasteiger partial charge in [0, 0.05) is 37.3 Å². The molecule has 0 fully saturated rings. The summed E-state index contributed by atoms with van der Waals surface area (Å²) in [6.45, 7) is 2.95. The Labute approximate surface area is 173 Å². The molecule has 0 atom stereocenters. The molecule has 1 N–H and O–H groups in total. The Kier molecular flexibility index (Phi) is 4.88. The fourth-order valence-electron chi connectivity index (χ4n) is 3.91. The zero-order chi connectivity index (χ0) is 20.5. The molecule has 3 aromatic rings. The molecular weight excluding hydrogens is 385 g/mol. The number of hydrogen-bond donors (Lipinski definition) is 1. The third-order valence-corrected chi connectivity index (χ3v) is 5.41. The van der Waals surface area contributed by atoms with Crippen LogP contribution in [0.5, 0.6) is 11.5 Å². The van der Waals surface area contributed by atoms with Crippen molar-refractivity contribution in [3.8, 4) is 11.5 Å². The number of ether oxygens (including phenoxy) is 2. The quantitative estimate of drug-likeness (QED) is 0.677. The lowest BCUT2D eigenvalue weighted by atomic mass is 10.0. The van der Waals surface area contributed by atoms with Crippen molar-refractivity contribution in [2.24, 2.45) is 0 Å². The van der Waals surface area contributed by atoms with Crippen LogP contribution in [-0.4, -0.2) is 36.9 Å². The molecule has 0 amide bonds. The van der Waals surface area contributed by atoms with Gasteiger partial charge in [-0.15, -0.1) is 0 Å². The molecule has 0 saturated heterocycles. The van der Waals surface area contributed by atoms with E-state index >= 15 is 0 Å². The molecule has 154 valence electrons. The average Bonchev–Trinajstić information content (AvgIpc) is 3.15. The highest BCUT2D eigenvalue weighted by Gasteiger charge is 2.25. The number of benzene rings is 2. The van der Waals surface area contributed by atoms with E-state index in [1.165, 1.54) is 17.7 Å². The Morgan fingerprint density at radius 1 is 1.23 bits per heavy atom. The van der Waals surface area contributed by atoms with Gasteiger partial charge in [0.15, 0.2) is 5.82 Å². The molecule has 2 aromatic carbocycles. The topological polar surface area (TPSA) is 59.8 Å². The average molecular weight is 407 g/mol. The third-order valence-electron chi connectivity index (χ3n) is 5.41. The Balaban J connectivity index is 1.31. The van der Waals surface area contributed by atoms with E-state index in [4.69, 9.17) is 14.0 Å². The van der Waals surface area contributed by atoms with E-state index in [0.717, 1.165) is 47.9 Å². The predicted octanol–water partition coefficient (Wildman–Crippen LogP) is 4.40. The molecule has 2 aliphatic rings. The predicted molar refractivity (Wildman–Crippen MR) is 112 cm³/mol. The SMILES string of the molecule is COc1ccc2c(c1)C=C(CN1CCc3onc(Nc4cccc(F)c4)c3C1)CO2. The molecule has 0 spiro atoms. The summed E-state index contributed by atoms with van der Waals surface area (Å²) in [5.74, 6) is 2.93. The minimum Gasteiger partial charge on any atom is -0.497 e. The highest BCUT2D eigenvalue weighted by molar-refractivity contribution is 5.64. The monoisotopic (exact) mass is 407 g/mol. The summed E-state index contributed by atoms with van der Waals surface area (Å²) in [4.78, 5) is 2.34. The van der Waals surface area contributed by atoms with Gasteiger partial charge in [-0.1, -0.05) is 11.2 Å². The van der Waals surface area contributed by atoms with Gasteiger partial charge in [-0.2, -0.15) is 0 Å².